The first-order valence-corrected chi connectivity index (χ1v) is 5.80. The van der Waals surface area contributed by atoms with Gasteiger partial charge >= 0.3 is 0 Å². The van der Waals surface area contributed by atoms with Crippen molar-refractivity contribution in [3.05, 3.63) is 45.9 Å². The average Bonchev–Trinajstić information content (AvgIpc) is 2.80. The van der Waals surface area contributed by atoms with E-state index < -0.39 is 0 Å². The van der Waals surface area contributed by atoms with Gasteiger partial charge in [-0.25, -0.2) is 4.98 Å². The second-order valence-electron chi connectivity index (χ2n) is 3.37. The van der Waals surface area contributed by atoms with E-state index in [2.05, 4.69) is 4.98 Å². The van der Waals surface area contributed by atoms with Gasteiger partial charge in [-0.2, -0.15) is 11.3 Å². The first-order chi connectivity index (χ1) is 7.79. The summed E-state index contributed by atoms with van der Waals surface area (Å²) in [6.07, 6.45) is 0.718. The third-order valence-electron chi connectivity index (χ3n) is 2.11. The molecule has 0 aliphatic heterocycles. The zero-order valence-corrected chi connectivity index (χ0v) is 9.66. The molecule has 0 N–H and O–H groups in total. The molecule has 0 unspecified atom stereocenters. The Morgan fingerprint density at radius 1 is 1.44 bits per heavy atom. The fourth-order valence-corrected chi connectivity index (χ4v) is 1.96. The van der Waals surface area contributed by atoms with Crippen LogP contribution in [0.25, 0.3) is 0 Å². The van der Waals surface area contributed by atoms with Crippen LogP contribution in [0.15, 0.2) is 29.0 Å². The molecule has 2 heterocycles. The van der Waals surface area contributed by atoms with Crippen molar-refractivity contribution in [1.82, 2.24) is 4.98 Å². The summed E-state index contributed by atoms with van der Waals surface area (Å²) in [5.41, 5.74) is 2.27. The second-order valence-corrected chi connectivity index (χ2v) is 4.15. The van der Waals surface area contributed by atoms with Crippen LogP contribution >= 0.6 is 11.3 Å². The van der Waals surface area contributed by atoms with E-state index in [0.717, 1.165) is 17.5 Å². The van der Waals surface area contributed by atoms with Gasteiger partial charge in [-0.3, -0.25) is 4.79 Å². The first-order valence-electron chi connectivity index (χ1n) is 4.86. The van der Waals surface area contributed by atoms with Crippen molar-refractivity contribution in [2.75, 3.05) is 0 Å². The lowest BCUT2D eigenvalue weighted by molar-refractivity contribution is 0.111. The van der Waals surface area contributed by atoms with Crippen molar-refractivity contribution in [1.29, 1.82) is 0 Å². The number of aromatic nitrogens is 1. The minimum atomic E-state index is 0.357. The Balaban J connectivity index is 2.12. The smallest absolute Gasteiger partial charge is 0.172 e. The number of carbonyl (C=O) groups excluding carboxylic acids is 1. The fourth-order valence-electron chi connectivity index (χ4n) is 1.31. The van der Waals surface area contributed by atoms with Gasteiger partial charge in [0.25, 0.3) is 0 Å². The van der Waals surface area contributed by atoms with Crippen LogP contribution in [0.3, 0.4) is 0 Å². The van der Waals surface area contributed by atoms with Crippen LogP contribution in [0, 0.1) is 6.92 Å². The topological polar surface area (TPSA) is 39.2 Å². The largest absolute Gasteiger partial charge is 0.486 e. The molecule has 0 radical (unpaired) electrons. The highest BCUT2D eigenvalue weighted by atomic mass is 32.1. The van der Waals surface area contributed by atoms with E-state index in [1.54, 1.807) is 17.4 Å². The predicted octanol–water partition coefficient (Wildman–Crippen LogP) is 2.84. The first kappa shape index (κ1) is 10.8. The maximum absolute atomic E-state index is 10.8. The number of hydrogen-bond acceptors (Lipinski definition) is 4. The molecule has 0 fully saturated rings. The normalized spacial score (nSPS) is 10.1. The van der Waals surface area contributed by atoms with Crippen molar-refractivity contribution in [3.63, 3.8) is 0 Å². The molecule has 4 heteroatoms. The lowest BCUT2D eigenvalue weighted by Crippen LogP contribution is -2.00. The number of thiophene rings is 1. The van der Waals surface area contributed by atoms with Crippen LogP contribution in [0.2, 0.25) is 0 Å². The molecule has 0 aliphatic carbocycles. The minimum Gasteiger partial charge on any atom is -0.486 e. The summed E-state index contributed by atoms with van der Waals surface area (Å²) in [6.45, 7) is 2.31. The van der Waals surface area contributed by atoms with Gasteiger partial charge in [0.2, 0.25) is 0 Å². The van der Waals surface area contributed by atoms with Crippen molar-refractivity contribution in [3.8, 4) is 5.75 Å². The van der Waals surface area contributed by atoms with Gasteiger partial charge in [0, 0.05) is 5.69 Å². The summed E-state index contributed by atoms with van der Waals surface area (Å²) in [5, 5.41) is 4.01. The molecule has 2 aromatic heterocycles. The molecule has 0 spiro atoms. The summed E-state index contributed by atoms with van der Waals surface area (Å²) in [7, 11) is 0. The highest BCUT2D eigenvalue weighted by Crippen LogP contribution is 2.17. The van der Waals surface area contributed by atoms with Crippen LogP contribution in [0.4, 0.5) is 0 Å². The maximum atomic E-state index is 10.8. The van der Waals surface area contributed by atoms with Gasteiger partial charge < -0.3 is 4.74 Å². The molecule has 0 aromatic carbocycles. The summed E-state index contributed by atoms with van der Waals surface area (Å²) < 4.78 is 5.54. The van der Waals surface area contributed by atoms with Crippen molar-refractivity contribution < 1.29 is 9.53 Å². The number of nitrogens with zero attached hydrogens (tertiary/aromatic N) is 1. The molecule has 82 valence electrons. The van der Waals surface area contributed by atoms with Crippen molar-refractivity contribution >= 4 is 17.6 Å². The Kier molecular flexibility index (Phi) is 3.31. The van der Waals surface area contributed by atoms with E-state index in [1.807, 2.05) is 29.8 Å². The van der Waals surface area contributed by atoms with Crippen LogP contribution in [0.5, 0.6) is 5.75 Å². The molecule has 0 saturated carbocycles. The SMILES string of the molecule is Cc1ccc(OCc2ccsc2)c(C=O)n1. The number of aldehydes is 1. The highest BCUT2D eigenvalue weighted by molar-refractivity contribution is 7.07. The van der Waals surface area contributed by atoms with E-state index in [-0.39, 0.29) is 0 Å². The van der Waals surface area contributed by atoms with Crippen LogP contribution in [0.1, 0.15) is 21.7 Å². The fraction of sp³-hybridized carbons (Fsp3) is 0.167. The third kappa shape index (κ3) is 2.46. The average molecular weight is 233 g/mol. The number of aryl methyl sites for hydroxylation is 1. The van der Waals surface area contributed by atoms with Crippen LogP contribution < -0.4 is 4.74 Å². The molecular formula is C12H11NO2S. The zero-order valence-electron chi connectivity index (χ0n) is 8.84. The quantitative estimate of drug-likeness (QED) is 0.762. The monoisotopic (exact) mass is 233 g/mol. The van der Waals surface area contributed by atoms with Gasteiger partial charge in [0.1, 0.15) is 18.1 Å². The van der Waals surface area contributed by atoms with Gasteiger partial charge in [-0.15, -0.1) is 0 Å². The molecule has 16 heavy (non-hydrogen) atoms. The zero-order chi connectivity index (χ0) is 11.4. The Morgan fingerprint density at radius 3 is 3.00 bits per heavy atom. The van der Waals surface area contributed by atoms with E-state index in [1.165, 1.54) is 0 Å². The molecule has 2 rings (SSSR count). The van der Waals surface area contributed by atoms with Gasteiger partial charge in [-0.1, -0.05) is 0 Å². The van der Waals surface area contributed by atoms with Gasteiger partial charge in [0.15, 0.2) is 6.29 Å². The molecule has 2 aromatic rings. The number of ether oxygens (including phenoxy) is 1. The second kappa shape index (κ2) is 4.90. The van der Waals surface area contributed by atoms with Gasteiger partial charge in [-0.05, 0) is 41.4 Å². The summed E-state index contributed by atoms with van der Waals surface area (Å²) in [5.74, 6) is 0.534. The number of hydrogen-bond donors (Lipinski definition) is 0. The lowest BCUT2D eigenvalue weighted by Gasteiger charge is -2.07. The van der Waals surface area contributed by atoms with Crippen LogP contribution in [-0.2, 0) is 6.61 Å². The lowest BCUT2D eigenvalue weighted by atomic mass is 10.3. The molecule has 3 nitrogen and oxygen atoms in total. The van der Waals surface area contributed by atoms with E-state index in [9.17, 15) is 4.79 Å². The number of rotatable bonds is 4. The Bertz CT molecular complexity index is 480. The van der Waals surface area contributed by atoms with Crippen molar-refractivity contribution in [2.24, 2.45) is 0 Å². The Morgan fingerprint density at radius 2 is 2.31 bits per heavy atom. The summed E-state index contributed by atoms with van der Waals surface area (Å²) >= 11 is 1.62. The summed E-state index contributed by atoms with van der Waals surface area (Å²) in [4.78, 5) is 14.9. The molecule has 0 amide bonds. The molecular weight excluding hydrogens is 222 g/mol. The number of carbonyl (C=O) groups is 1. The van der Waals surface area contributed by atoms with E-state index in [4.69, 9.17) is 4.74 Å². The van der Waals surface area contributed by atoms with Gasteiger partial charge in [0.05, 0.1) is 0 Å². The molecule has 0 saturated heterocycles. The minimum absolute atomic E-state index is 0.357. The number of pyridine rings is 1. The van der Waals surface area contributed by atoms with E-state index >= 15 is 0 Å². The highest BCUT2D eigenvalue weighted by Gasteiger charge is 2.05. The molecule has 0 aliphatic rings. The Labute approximate surface area is 97.7 Å². The molecule has 0 bridgehead atoms. The van der Waals surface area contributed by atoms with Crippen molar-refractivity contribution in [2.45, 2.75) is 13.5 Å². The standard InChI is InChI=1S/C12H11NO2S/c1-9-2-3-12(11(6-14)13-9)15-7-10-4-5-16-8-10/h2-6,8H,7H2,1H3. The Hall–Kier alpha value is -1.68. The predicted molar refractivity (Wildman–Crippen MR) is 63.0 cm³/mol. The third-order valence-corrected chi connectivity index (χ3v) is 2.84. The van der Waals surface area contributed by atoms with Crippen LogP contribution in [-0.4, -0.2) is 11.3 Å². The molecule has 0 atom stereocenters. The maximum Gasteiger partial charge on any atom is 0.172 e. The summed E-state index contributed by atoms with van der Waals surface area (Å²) in [6, 6.07) is 5.60. The van der Waals surface area contributed by atoms with E-state index in [0.29, 0.717) is 18.1 Å².